The Hall–Kier alpha value is -4.28. The van der Waals surface area contributed by atoms with Crippen LogP contribution in [0, 0.1) is 5.82 Å². The highest BCUT2D eigenvalue weighted by molar-refractivity contribution is 7.90. The van der Waals surface area contributed by atoms with Crippen LogP contribution in [0.25, 0.3) is 22.4 Å². The molecule has 4 aromatic rings. The minimum Gasteiger partial charge on any atom is -0.444 e. The Kier molecular flexibility index (Phi) is 9.05. The molecule has 1 aromatic heterocycles. The molecule has 212 valence electrons. The van der Waals surface area contributed by atoms with Gasteiger partial charge in [0.1, 0.15) is 11.4 Å². The Morgan fingerprint density at radius 3 is 2.24 bits per heavy atom. The maximum atomic E-state index is 13.7. The Morgan fingerprint density at radius 2 is 1.61 bits per heavy atom. The van der Waals surface area contributed by atoms with Gasteiger partial charge in [-0.2, -0.15) is 8.42 Å². The van der Waals surface area contributed by atoms with E-state index < -0.39 is 21.7 Å². The number of sulfonamides is 1. The topological polar surface area (TPSA) is 110 Å². The Labute approximate surface area is 243 Å². The lowest BCUT2D eigenvalue weighted by molar-refractivity contribution is 0.0561. The first-order chi connectivity index (χ1) is 19.4. The predicted octanol–water partition coefficient (Wildman–Crippen LogP) is 6.57. The lowest BCUT2D eigenvalue weighted by Crippen LogP contribution is -2.43. The third-order valence-electron chi connectivity index (χ3n) is 5.55. The molecule has 1 heterocycles. The average molecular weight is 595 g/mol. The van der Waals surface area contributed by atoms with Gasteiger partial charge in [-0.15, -0.1) is 4.40 Å². The quantitative estimate of drug-likeness (QED) is 0.193. The summed E-state index contributed by atoms with van der Waals surface area (Å²) in [6, 6.07) is 22.6. The summed E-state index contributed by atoms with van der Waals surface area (Å²) in [5.74, 6) is -0.700. The van der Waals surface area contributed by atoms with Crippen LogP contribution in [0.2, 0.25) is 5.02 Å². The number of pyridine rings is 1. The molecule has 11 heteroatoms. The van der Waals surface area contributed by atoms with Crippen LogP contribution in [0.5, 0.6) is 0 Å². The summed E-state index contributed by atoms with van der Waals surface area (Å²) in [4.78, 5) is 17.1. The van der Waals surface area contributed by atoms with E-state index in [-0.39, 0.29) is 23.2 Å². The summed E-state index contributed by atoms with van der Waals surface area (Å²) in [5, 5.41) is 5.84. The van der Waals surface area contributed by atoms with Crippen molar-refractivity contribution >= 4 is 33.7 Å². The summed E-state index contributed by atoms with van der Waals surface area (Å²) in [5.41, 5.74) is 2.69. The normalized spacial score (nSPS) is 12.1. The molecule has 0 fully saturated rings. The minimum absolute atomic E-state index is 0.0427. The molecule has 2 N–H and O–H groups in total. The van der Waals surface area contributed by atoms with Gasteiger partial charge in [0, 0.05) is 28.9 Å². The monoisotopic (exact) mass is 594 g/mol. The van der Waals surface area contributed by atoms with Crippen molar-refractivity contribution < 1.29 is 22.3 Å². The molecule has 0 saturated heterocycles. The molecule has 0 unspecified atom stereocenters. The van der Waals surface area contributed by atoms with E-state index >= 15 is 0 Å². The summed E-state index contributed by atoms with van der Waals surface area (Å²) in [7, 11) is -4.16. The fourth-order valence-electron chi connectivity index (χ4n) is 3.74. The number of nitrogens with one attached hydrogen (secondary N) is 2. The predicted molar refractivity (Wildman–Crippen MR) is 157 cm³/mol. The van der Waals surface area contributed by atoms with Gasteiger partial charge in [0.25, 0.3) is 10.0 Å². The lowest BCUT2D eigenvalue weighted by atomic mass is 9.98. The highest BCUT2D eigenvalue weighted by Crippen LogP contribution is 2.32. The van der Waals surface area contributed by atoms with Gasteiger partial charge in [-0.3, -0.25) is 10.3 Å². The summed E-state index contributed by atoms with van der Waals surface area (Å²) < 4.78 is 48.7. The highest BCUT2D eigenvalue weighted by Gasteiger charge is 2.20. The number of nitrogens with zero attached hydrogens (tertiary/aromatic N) is 2. The molecule has 0 aliphatic heterocycles. The van der Waals surface area contributed by atoms with Crippen LogP contribution in [0.15, 0.2) is 100 Å². The summed E-state index contributed by atoms with van der Waals surface area (Å²) in [6.07, 6.45) is 0.732. The van der Waals surface area contributed by atoms with Crippen molar-refractivity contribution in [3.05, 3.63) is 108 Å². The second-order valence-corrected chi connectivity index (χ2v) is 12.0. The number of benzene rings is 3. The van der Waals surface area contributed by atoms with E-state index in [0.29, 0.717) is 21.8 Å². The molecule has 0 aliphatic rings. The molecule has 41 heavy (non-hydrogen) atoms. The SMILES string of the molecule is CC(C)(C)OC(=O)NC(=NS(=O)(=O)c1ccccc1)NCc1cnc(-c2ccc(Cl)cc2)c(-c2ccc(F)cc2)c1. The van der Waals surface area contributed by atoms with Crippen molar-refractivity contribution in [1.82, 2.24) is 15.6 Å². The number of carbonyl (C=O) groups excluding carboxylic acids is 1. The number of ether oxygens (including phenoxy) is 1. The molecule has 1 amide bonds. The van der Waals surface area contributed by atoms with Crippen LogP contribution < -0.4 is 10.6 Å². The standard InChI is InChI=1S/C30H28ClFN4O4S/c1-30(2,3)40-29(37)35-28(36-41(38,39)25-7-5-4-6-8-25)34-19-20-17-26(21-11-15-24(32)16-12-21)27(33-18-20)22-9-13-23(31)14-10-22/h4-18H,19H2,1-3H3,(H2,34,35,36,37). The molecule has 0 spiro atoms. The van der Waals surface area contributed by atoms with E-state index in [4.69, 9.17) is 16.3 Å². The first kappa shape index (κ1) is 29.7. The number of rotatable bonds is 6. The van der Waals surface area contributed by atoms with Gasteiger partial charge >= 0.3 is 6.09 Å². The molecule has 8 nitrogen and oxygen atoms in total. The zero-order valence-corrected chi connectivity index (χ0v) is 24.1. The number of alkyl carbamates (subject to hydrolysis) is 1. The van der Waals surface area contributed by atoms with E-state index in [2.05, 4.69) is 20.0 Å². The fourth-order valence-corrected chi connectivity index (χ4v) is 4.83. The van der Waals surface area contributed by atoms with Gasteiger partial charge < -0.3 is 10.1 Å². The van der Waals surface area contributed by atoms with Crippen LogP contribution in [0.4, 0.5) is 9.18 Å². The summed E-state index contributed by atoms with van der Waals surface area (Å²) >= 11 is 6.06. The van der Waals surface area contributed by atoms with Gasteiger partial charge in [-0.25, -0.2) is 9.18 Å². The number of amides is 1. The molecule has 3 aromatic carbocycles. The number of carbonyl (C=O) groups is 1. The second-order valence-electron chi connectivity index (χ2n) is 9.96. The number of halogens is 2. The maximum Gasteiger partial charge on any atom is 0.414 e. The van der Waals surface area contributed by atoms with Crippen LogP contribution in [-0.2, 0) is 21.3 Å². The highest BCUT2D eigenvalue weighted by atomic mass is 35.5. The first-order valence-corrected chi connectivity index (χ1v) is 14.4. The van der Waals surface area contributed by atoms with Crippen LogP contribution in [-0.4, -0.2) is 31.1 Å². The van der Waals surface area contributed by atoms with Crippen LogP contribution in [0.3, 0.4) is 0 Å². The molecule has 4 rings (SSSR count). The van der Waals surface area contributed by atoms with Crippen LogP contribution >= 0.6 is 11.6 Å². The zero-order chi connectivity index (χ0) is 29.6. The zero-order valence-electron chi connectivity index (χ0n) is 22.6. The van der Waals surface area contributed by atoms with E-state index in [1.165, 1.54) is 24.3 Å². The largest absolute Gasteiger partial charge is 0.444 e. The van der Waals surface area contributed by atoms with Crippen molar-refractivity contribution in [3.63, 3.8) is 0 Å². The third-order valence-corrected chi connectivity index (χ3v) is 7.09. The van der Waals surface area contributed by atoms with E-state index in [0.717, 1.165) is 11.1 Å². The average Bonchev–Trinajstić information content (AvgIpc) is 2.92. The van der Waals surface area contributed by atoms with Crippen LogP contribution in [0.1, 0.15) is 26.3 Å². The Bertz CT molecular complexity index is 1660. The van der Waals surface area contributed by atoms with Crippen molar-refractivity contribution in [2.24, 2.45) is 4.40 Å². The lowest BCUT2D eigenvalue weighted by Gasteiger charge is -2.20. The third kappa shape index (κ3) is 8.36. The smallest absolute Gasteiger partial charge is 0.414 e. The molecule has 0 bridgehead atoms. The Morgan fingerprint density at radius 1 is 0.976 bits per heavy atom. The fraction of sp³-hybridized carbons (Fsp3) is 0.167. The molecule has 0 radical (unpaired) electrons. The number of hydrogen-bond acceptors (Lipinski definition) is 5. The van der Waals surface area contributed by atoms with Crippen molar-refractivity contribution in [3.8, 4) is 22.4 Å². The van der Waals surface area contributed by atoms with Crippen molar-refractivity contribution in [2.45, 2.75) is 37.8 Å². The minimum atomic E-state index is -4.16. The first-order valence-electron chi connectivity index (χ1n) is 12.5. The number of aromatic nitrogens is 1. The Balaban J connectivity index is 1.67. The summed E-state index contributed by atoms with van der Waals surface area (Å²) in [6.45, 7) is 5.09. The molecule has 0 atom stereocenters. The van der Waals surface area contributed by atoms with Gasteiger partial charge in [0.15, 0.2) is 0 Å². The molecule has 0 saturated carbocycles. The van der Waals surface area contributed by atoms with Crippen molar-refractivity contribution in [2.75, 3.05) is 0 Å². The van der Waals surface area contributed by atoms with Gasteiger partial charge in [-0.1, -0.05) is 54.1 Å². The van der Waals surface area contributed by atoms with E-state index in [1.54, 1.807) is 69.4 Å². The maximum absolute atomic E-state index is 13.7. The van der Waals surface area contributed by atoms with Gasteiger partial charge in [-0.05, 0) is 74.4 Å². The van der Waals surface area contributed by atoms with E-state index in [1.807, 2.05) is 18.2 Å². The van der Waals surface area contributed by atoms with Crippen molar-refractivity contribution in [1.29, 1.82) is 0 Å². The van der Waals surface area contributed by atoms with E-state index in [9.17, 15) is 17.6 Å². The molecular formula is C30H28ClFN4O4S. The molecule has 0 aliphatic carbocycles. The van der Waals surface area contributed by atoms with Gasteiger partial charge in [0.2, 0.25) is 5.96 Å². The second kappa shape index (κ2) is 12.5. The molecular weight excluding hydrogens is 567 g/mol. The number of hydrogen-bond donors (Lipinski definition) is 2. The van der Waals surface area contributed by atoms with Gasteiger partial charge in [0.05, 0.1) is 10.6 Å². The number of guanidine groups is 1.